The van der Waals surface area contributed by atoms with Gasteiger partial charge in [0.05, 0.1) is 11.4 Å². The fourth-order valence-corrected chi connectivity index (χ4v) is 1.85. The number of aromatic nitrogens is 1. The van der Waals surface area contributed by atoms with Crippen molar-refractivity contribution >= 4 is 27.3 Å². The minimum absolute atomic E-state index is 0.390. The van der Waals surface area contributed by atoms with Gasteiger partial charge in [0, 0.05) is 10.7 Å². The lowest BCUT2D eigenvalue weighted by atomic mass is 10.2. The average molecular weight is 288 g/mol. The number of anilines is 2. The number of nitrogens with zero attached hydrogens (tertiary/aromatic N) is 2. The highest BCUT2D eigenvalue weighted by atomic mass is 79.9. The fraction of sp³-hybridized carbons (Fsp3) is 0.0769. The van der Waals surface area contributed by atoms with Gasteiger partial charge in [-0.1, -0.05) is 12.1 Å². The number of aryl methyl sites for hydroxylation is 1. The molecule has 17 heavy (non-hydrogen) atoms. The molecule has 0 bridgehead atoms. The van der Waals surface area contributed by atoms with E-state index in [0.29, 0.717) is 11.4 Å². The van der Waals surface area contributed by atoms with E-state index in [-0.39, 0.29) is 0 Å². The number of benzene rings is 1. The van der Waals surface area contributed by atoms with Crippen LogP contribution in [0.4, 0.5) is 11.4 Å². The van der Waals surface area contributed by atoms with Crippen LogP contribution in [0.1, 0.15) is 11.3 Å². The van der Waals surface area contributed by atoms with Gasteiger partial charge in [-0.05, 0) is 46.6 Å². The molecular formula is C13H10BrN3. The van der Waals surface area contributed by atoms with Crippen molar-refractivity contribution in [1.82, 2.24) is 4.98 Å². The van der Waals surface area contributed by atoms with Gasteiger partial charge in [0.15, 0.2) is 5.69 Å². The molecule has 0 spiro atoms. The maximum Gasteiger partial charge on any atom is 0.163 e. The van der Waals surface area contributed by atoms with E-state index in [1.54, 1.807) is 12.3 Å². The van der Waals surface area contributed by atoms with Crippen LogP contribution in [0.15, 0.2) is 41.0 Å². The molecule has 1 N–H and O–H groups in total. The topological polar surface area (TPSA) is 48.7 Å². The summed E-state index contributed by atoms with van der Waals surface area (Å²) in [6, 6.07) is 11.6. The molecule has 0 aliphatic rings. The summed E-state index contributed by atoms with van der Waals surface area (Å²) < 4.78 is 0.993. The van der Waals surface area contributed by atoms with Gasteiger partial charge in [-0.25, -0.2) is 4.98 Å². The van der Waals surface area contributed by atoms with E-state index in [0.717, 1.165) is 15.7 Å². The Hall–Kier alpha value is -1.86. The fourth-order valence-electron chi connectivity index (χ4n) is 1.48. The highest BCUT2D eigenvalue weighted by molar-refractivity contribution is 9.10. The molecule has 0 unspecified atom stereocenters. The van der Waals surface area contributed by atoms with Crippen LogP contribution in [-0.2, 0) is 0 Å². The van der Waals surface area contributed by atoms with Crippen LogP contribution < -0.4 is 5.32 Å². The standard InChI is InChI=1S/C13H10BrN3/c1-9-4-2-5-11(13(9)14)17-10-6-3-7-16-12(10)8-15/h2-7,17H,1H3. The van der Waals surface area contributed by atoms with Gasteiger partial charge in [0.25, 0.3) is 0 Å². The molecule has 4 heteroatoms. The molecule has 0 saturated heterocycles. The third-order valence-corrected chi connectivity index (χ3v) is 3.43. The first-order chi connectivity index (χ1) is 8.22. The molecule has 1 heterocycles. The van der Waals surface area contributed by atoms with Crippen LogP contribution in [0.3, 0.4) is 0 Å². The highest BCUT2D eigenvalue weighted by Crippen LogP contribution is 2.29. The lowest BCUT2D eigenvalue weighted by Crippen LogP contribution is -1.96. The molecular weight excluding hydrogens is 278 g/mol. The Balaban J connectivity index is 2.39. The molecule has 1 aromatic heterocycles. The van der Waals surface area contributed by atoms with Crippen LogP contribution in [0.25, 0.3) is 0 Å². The molecule has 0 amide bonds. The summed E-state index contributed by atoms with van der Waals surface area (Å²) >= 11 is 3.52. The summed E-state index contributed by atoms with van der Waals surface area (Å²) in [7, 11) is 0. The van der Waals surface area contributed by atoms with Crippen LogP contribution >= 0.6 is 15.9 Å². The summed E-state index contributed by atoms with van der Waals surface area (Å²) in [6.07, 6.45) is 1.61. The Morgan fingerprint density at radius 2 is 2.00 bits per heavy atom. The normalized spacial score (nSPS) is 9.71. The Kier molecular flexibility index (Phi) is 3.40. The Bertz CT molecular complexity index is 587. The van der Waals surface area contributed by atoms with Crippen LogP contribution in [-0.4, -0.2) is 4.98 Å². The number of hydrogen-bond acceptors (Lipinski definition) is 3. The SMILES string of the molecule is Cc1cccc(Nc2cccnc2C#N)c1Br. The van der Waals surface area contributed by atoms with E-state index < -0.39 is 0 Å². The summed E-state index contributed by atoms with van der Waals surface area (Å²) in [5, 5.41) is 12.2. The number of nitriles is 1. The van der Waals surface area contributed by atoms with Crippen molar-refractivity contribution in [2.24, 2.45) is 0 Å². The summed E-state index contributed by atoms with van der Waals surface area (Å²) in [5.74, 6) is 0. The molecule has 0 radical (unpaired) electrons. The van der Waals surface area contributed by atoms with Crippen LogP contribution in [0, 0.1) is 18.3 Å². The second kappa shape index (κ2) is 4.98. The number of pyridine rings is 1. The average Bonchev–Trinajstić information content (AvgIpc) is 2.35. The second-order valence-electron chi connectivity index (χ2n) is 3.57. The van der Waals surface area contributed by atoms with E-state index in [1.807, 2.05) is 31.2 Å². The van der Waals surface area contributed by atoms with E-state index in [4.69, 9.17) is 5.26 Å². The first-order valence-corrected chi connectivity index (χ1v) is 5.89. The first kappa shape index (κ1) is 11.6. The lowest BCUT2D eigenvalue weighted by molar-refractivity contribution is 1.26. The summed E-state index contributed by atoms with van der Waals surface area (Å²) in [6.45, 7) is 2.02. The third-order valence-electron chi connectivity index (χ3n) is 2.37. The van der Waals surface area contributed by atoms with Gasteiger partial charge in [-0.3, -0.25) is 0 Å². The molecule has 2 rings (SSSR count). The van der Waals surface area contributed by atoms with Gasteiger partial charge >= 0.3 is 0 Å². The van der Waals surface area contributed by atoms with Gasteiger partial charge in [-0.2, -0.15) is 5.26 Å². The Labute approximate surface area is 108 Å². The number of nitrogens with one attached hydrogen (secondary N) is 1. The minimum Gasteiger partial charge on any atom is -0.352 e. The molecule has 84 valence electrons. The number of halogens is 1. The van der Waals surface area contributed by atoms with Crippen molar-refractivity contribution in [3.05, 3.63) is 52.3 Å². The molecule has 2 aromatic rings. The first-order valence-electron chi connectivity index (χ1n) is 5.09. The van der Waals surface area contributed by atoms with E-state index in [2.05, 4.69) is 32.3 Å². The summed E-state index contributed by atoms with van der Waals surface area (Å²) in [4.78, 5) is 4.01. The minimum atomic E-state index is 0.390. The van der Waals surface area contributed by atoms with E-state index in [1.165, 1.54) is 0 Å². The molecule has 0 aliphatic carbocycles. The Morgan fingerprint density at radius 3 is 2.76 bits per heavy atom. The van der Waals surface area contributed by atoms with E-state index in [9.17, 15) is 0 Å². The molecule has 1 aromatic carbocycles. The smallest absolute Gasteiger partial charge is 0.163 e. The third kappa shape index (κ3) is 2.45. The Morgan fingerprint density at radius 1 is 1.24 bits per heavy atom. The number of rotatable bonds is 2. The largest absolute Gasteiger partial charge is 0.352 e. The van der Waals surface area contributed by atoms with Crippen molar-refractivity contribution < 1.29 is 0 Å². The van der Waals surface area contributed by atoms with Crippen molar-refractivity contribution in [2.45, 2.75) is 6.92 Å². The van der Waals surface area contributed by atoms with Crippen molar-refractivity contribution in [3.8, 4) is 6.07 Å². The molecule has 0 fully saturated rings. The zero-order chi connectivity index (χ0) is 12.3. The predicted molar refractivity (Wildman–Crippen MR) is 71.1 cm³/mol. The van der Waals surface area contributed by atoms with Crippen LogP contribution in [0.5, 0.6) is 0 Å². The summed E-state index contributed by atoms with van der Waals surface area (Å²) in [5.41, 5.74) is 3.16. The van der Waals surface area contributed by atoms with Gasteiger partial charge < -0.3 is 5.32 Å². The number of hydrogen-bond donors (Lipinski definition) is 1. The van der Waals surface area contributed by atoms with Gasteiger partial charge in [0.2, 0.25) is 0 Å². The van der Waals surface area contributed by atoms with Crippen molar-refractivity contribution in [1.29, 1.82) is 5.26 Å². The zero-order valence-corrected chi connectivity index (χ0v) is 10.8. The maximum atomic E-state index is 8.96. The zero-order valence-electron chi connectivity index (χ0n) is 9.24. The quantitative estimate of drug-likeness (QED) is 0.915. The predicted octanol–water partition coefficient (Wildman–Crippen LogP) is 3.77. The van der Waals surface area contributed by atoms with Gasteiger partial charge in [-0.15, -0.1) is 0 Å². The van der Waals surface area contributed by atoms with E-state index >= 15 is 0 Å². The molecule has 0 aliphatic heterocycles. The highest BCUT2D eigenvalue weighted by Gasteiger charge is 2.06. The monoisotopic (exact) mass is 287 g/mol. The molecule has 0 saturated carbocycles. The van der Waals surface area contributed by atoms with Gasteiger partial charge in [0.1, 0.15) is 6.07 Å². The van der Waals surface area contributed by atoms with Crippen molar-refractivity contribution in [2.75, 3.05) is 5.32 Å². The molecule has 3 nitrogen and oxygen atoms in total. The maximum absolute atomic E-state index is 8.96. The lowest BCUT2D eigenvalue weighted by Gasteiger charge is -2.10. The van der Waals surface area contributed by atoms with Crippen LogP contribution in [0.2, 0.25) is 0 Å². The van der Waals surface area contributed by atoms with Crippen molar-refractivity contribution in [3.63, 3.8) is 0 Å². The second-order valence-corrected chi connectivity index (χ2v) is 4.37. The molecule has 0 atom stereocenters.